The quantitative estimate of drug-likeness (QED) is 0.887. The highest BCUT2D eigenvalue weighted by Gasteiger charge is 2.05. The fourth-order valence-electron chi connectivity index (χ4n) is 2.13. The summed E-state index contributed by atoms with van der Waals surface area (Å²) in [7, 11) is 1.73. The molecule has 0 bridgehead atoms. The SMILES string of the molecule is COCC(C)NCCn1cc(Br)c2ccccc21. The molecule has 0 aliphatic rings. The maximum atomic E-state index is 5.10. The molecule has 1 aromatic heterocycles. The van der Waals surface area contributed by atoms with Gasteiger partial charge in [-0.05, 0) is 28.9 Å². The van der Waals surface area contributed by atoms with Gasteiger partial charge in [0.05, 0.1) is 6.61 Å². The van der Waals surface area contributed by atoms with Crippen molar-refractivity contribution in [1.29, 1.82) is 0 Å². The van der Waals surface area contributed by atoms with Crippen molar-refractivity contribution in [2.75, 3.05) is 20.3 Å². The van der Waals surface area contributed by atoms with Crippen molar-refractivity contribution in [3.8, 4) is 0 Å². The summed E-state index contributed by atoms with van der Waals surface area (Å²) in [6, 6.07) is 8.82. The van der Waals surface area contributed by atoms with E-state index in [1.807, 2.05) is 0 Å². The van der Waals surface area contributed by atoms with Crippen LogP contribution < -0.4 is 5.32 Å². The van der Waals surface area contributed by atoms with E-state index >= 15 is 0 Å². The van der Waals surface area contributed by atoms with E-state index in [0.29, 0.717) is 6.04 Å². The number of fused-ring (bicyclic) bond motifs is 1. The molecule has 2 aromatic rings. The number of aromatic nitrogens is 1. The predicted molar refractivity (Wildman–Crippen MR) is 79.0 cm³/mol. The second-order valence-electron chi connectivity index (χ2n) is 4.50. The largest absolute Gasteiger partial charge is 0.383 e. The van der Waals surface area contributed by atoms with Crippen molar-refractivity contribution >= 4 is 26.8 Å². The van der Waals surface area contributed by atoms with Gasteiger partial charge in [-0.1, -0.05) is 18.2 Å². The minimum atomic E-state index is 0.389. The highest BCUT2D eigenvalue weighted by atomic mass is 79.9. The Hall–Kier alpha value is -0.840. The Bertz CT molecular complexity index is 509. The van der Waals surface area contributed by atoms with E-state index in [2.05, 4.69) is 63.2 Å². The third-order valence-corrected chi connectivity index (χ3v) is 3.63. The van der Waals surface area contributed by atoms with Crippen LogP contribution in [0.25, 0.3) is 10.9 Å². The summed E-state index contributed by atoms with van der Waals surface area (Å²) >= 11 is 3.60. The number of nitrogens with one attached hydrogen (secondary N) is 1. The van der Waals surface area contributed by atoms with Gasteiger partial charge >= 0.3 is 0 Å². The molecule has 0 saturated heterocycles. The van der Waals surface area contributed by atoms with Gasteiger partial charge in [-0.25, -0.2) is 0 Å². The van der Waals surface area contributed by atoms with Crippen molar-refractivity contribution < 1.29 is 4.74 Å². The van der Waals surface area contributed by atoms with Gasteiger partial charge in [0.25, 0.3) is 0 Å². The summed E-state index contributed by atoms with van der Waals surface area (Å²) in [6.07, 6.45) is 2.15. The topological polar surface area (TPSA) is 26.2 Å². The van der Waals surface area contributed by atoms with Crippen LogP contribution in [0.2, 0.25) is 0 Å². The van der Waals surface area contributed by atoms with Gasteiger partial charge in [0, 0.05) is 47.8 Å². The number of benzene rings is 1. The van der Waals surface area contributed by atoms with Gasteiger partial charge in [-0.3, -0.25) is 0 Å². The number of ether oxygens (including phenoxy) is 1. The summed E-state index contributed by atoms with van der Waals surface area (Å²) in [5.41, 5.74) is 1.27. The fourth-order valence-corrected chi connectivity index (χ4v) is 2.71. The molecule has 98 valence electrons. The van der Waals surface area contributed by atoms with Crippen molar-refractivity contribution in [3.63, 3.8) is 0 Å². The van der Waals surface area contributed by atoms with Crippen molar-refractivity contribution in [3.05, 3.63) is 34.9 Å². The summed E-state index contributed by atoms with van der Waals surface area (Å²) in [5.74, 6) is 0. The molecule has 0 fully saturated rings. The molecule has 0 amide bonds. The second kappa shape index (κ2) is 6.36. The first-order chi connectivity index (χ1) is 8.72. The van der Waals surface area contributed by atoms with Crippen molar-refractivity contribution in [2.45, 2.75) is 19.5 Å². The first-order valence-electron chi connectivity index (χ1n) is 6.18. The van der Waals surface area contributed by atoms with Crippen molar-refractivity contribution in [1.82, 2.24) is 9.88 Å². The monoisotopic (exact) mass is 310 g/mol. The van der Waals surface area contributed by atoms with E-state index in [4.69, 9.17) is 4.74 Å². The molecule has 18 heavy (non-hydrogen) atoms. The van der Waals surface area contributed by atoms with Gasteiger partial charge in [-0.2, -0.15) is 0 Å². The number of methoxy groups -OCH3 is 1. The Morgan fingerprint density at radius 1 is 1.39 bits per heavy atom. The molecular weight excluding hydrogens is 292 g/mol. The maximum absolute atomic E-state index is 5.10. The lowest BCUT2D eigenvalue weighted by Gasteiger charge is -2.13. The zero-order chi connectivity index (χ0) is 13.0. The standard InChI is InChI=1S/C14H19BrN2O/c1-11(10-18-2)16-7-8-17-9-13(15)12-5-3-4-6-14(12)17/h3-6,9,11,16H,7-8,10H2,1-2H3. The Balaban J connectivity index is 2.00. The van der Waals surface area contributed by atoms with Crippen LogP contribution in [0, 0.1) is 0 Å². The Morgan fingerprint density at radius 2 is 2.17 bits per heavy atom. The molecule has 2 rings (SSSR count). The normalized spacial score (nSPS) is 13.1. The Labute approximate surface area is 116 Å². The molecule has 1 unspecified atom stereocenters. The molecule has 1 heterocycles. The van der Waals surface area contributed by atoms with Crippen LogP contribution in [0.1, 0.15) is 6.92 Å². The first kappa shape index (κ1) is 13.6. The van der Waals surface area contributed by atoms with Crippen molar-refractivity contribution in [2.24, 2.45) is 0 Å². The van der Waals surface area contributed by atoms with Crippen LogP contribution in [0.15, 0.2) is 34.9 Å². The molecule has 0 aliphatic heterocycles. The predicted octanol–water partition coefficient (Wildman–Crippen LogP) is 3.03. The van der Waals surface area contributed by atoms with Crippen LogP contribution in [-0.4, -0.2) is 30.9 Å². The number of para-hydroxylation sites is 1. The highest BCUT2D eigenvalue weighted by molar-refractivity contribution is 9.10. The Morgan fingerprint density at radius 3 is 2.94 bits per heavy atom. The molecule has 0 aliphatic carbocycles. The average molecular weight is 311 g/mol. The number of hydrogen-bond acceptors (Lipinski definition) is 2. The number of halogens is 1. The zero-order valence-corrected chi connectivity index (χ0v) is 12.4. The average Bonchev–Trinajstić information content (AvgIpc) is 2.68. The van der Waals surface area contributed by atoms with Gasteiger partial charge < -0.3 is 14.6 Å². The lowest BCUT2D eigenvalue weighted by Crippen LogP contribution is -2.32. The van der Waals surface area contributed by atoms with E-state index in [-0.39, 0.29) is 0 Å². The molecule has 3 nitrogen and oxygen atoms in total. The summed E-state index contributed by atoms with van der Waals surface area (Å²) in [5, 5.41) is 4.71. The summed E-state index contributed by atoms with van der Waals surface area (Å²) < 4.78 is 8.53. The minimum Gasteiger partial charge on any atom is -0.383 e. The van der Waals surface area contributed by atoms with Gasteiger partial charge in [-0.15, -0.1) is 0 Å². The van der Waals surface area contributed by atoms with E-state index in [1.54, 1.807) is 7.11 Å². The summed E-state index contributed by atoms with van der Waals surface area (Å²) in [4.78, 5) is 0. The third kappa shape index (κ3) is 3.13. The molecular formula is C14H19BrN2O. The van der Waals surface area contributed by atoms with E-state index in [1.165, 1.54) is 10.9 Å². The smallest absolute Gasteiger partial charge is 0.0613 e. The lowest BCUT2D eigenvalue weighted by atomic mass is 10.2. The maximum Gasteiger partial charge on any atom is 0.0613 e. The number of nitrogens with zero attached hydrogens (tertiary/aromatic N) is 1. The second-order valence-corrected chi connectivity index (χ2v) is 5.35. The highest BCUT2D eigenvalue weighted by Crippen LogP contribution is 2.25. The number of hydrogen-bond donors (Lipinski definition) is 1. The fraction of sp³-hybridized carbons (Fsp3) is 0.429. The van der Waals surface area contributed by atoms with E-state index in [9.17, 15) is 0 Å². The van der Waals surface area contributed by atoms with E-state index in [0.717, 1.165) is 24.2 Å². The van der Waals surface area contributed by atoms with Crippen LogP contribution in [0.3, 0.4) is 0 Å². The molecule has 1 aromatic carbocycles. The zero-order valence-electron chi connectivity index (χ0n) is 10.8. The van der Waals surface area contributed by atoms with Crippen LogP contribution in [-0.2, 0) is 11.3 Å². The molecule has 0 radical (unpaired) electrons. The van der Waals surface area contributed by atoms with Gasteiger partial charge in [0.2, 0.25) is 0 Å². The van der Waals surface area contributed by atoms with Crippen LogP contribution in [0.5, 0.6) is 0 Å². The molecule has 4 heteroatoms. The first-order valence-corrected chi connectivity index (χ1v) is 6.97. The van der Waals surface area contributed by atoms with E-state index < -0.39 is 0 Å². The van der Waals surface area contributed by atoms with Gasteiger partial charge in [0.15, 0.2) is 0 Å². The minimum absolute atomic E-state index is 0.389. The molecule has 1 N–H and O–H groups in total. The van der Waals surface area contributed by atoms with Crippen LogP contribution >= 0.6 is 15.9 Å². The number of rotatable bonds is 6. The Kier molecular flexibility index (Phi) is 4.80. The summed E-state index contributed by atoms with van der Waals surface area (Å²) in [6.45, 7) is 4.78. The lowest BCUT2D eigenvalue weighted by molar-refractivity contribution is 0.172. The third-order valence-electron chi connectivity index (χ3n) is 3.00. The molecule has 0 spiro atoms. The molecule has 0 saturated carbocycles. The van der Waals surface area contributed by atoms with Gasteiger partial charge in [0.1, 0.15) is 0 Å². The molecule has 1 atom stereocenters. The van der Waals surface area contributed by atoms with Crippen LogP contribution in [0.4, 0.5) is 0 Å².